The Bertz CT molecular complexity index is 556. The van der Waals surface area contributed by atoms with E-state index in [0.29, 0.717) is 0 Å². The highest BCUT2D eigenvalue weighted by Gasteiger charge is 2.17. The molecule has 0 saturated heterocycles. The predicted octanol–water partition coefficient (Wildman–Crippen LogP) is 3.73. The normalized spacial score (nSPS) is 12.4. The molecule has 0 bridgehead atoms. The van der Waals surface area contributed by atoms with Crippen molar-refractivity contribution in [1.82, 2.24) is 10.3 Å². The van der Waals surface area contributed by atoms with Crippen molar-refractivity contribution in [3.05, 3.63) is 44.3 Å². The van der Waals surface area contributed by atoms with Gasteiger partial charge < -0.3 is 10.1 Å². The molecule has 3 nitrogen and oxygen atoms in total. The van der Waals surface area contributed by atoms with Gasteiger partial charge in [-0.05, 0) is 44.2 Å². The van der Waals surface area contributed by atoms with E-state index in [1.165, 1.54) is 10.4 Å². The number of benzene rings is 1. The minimum absolute atomic E-state index is 0.260. The fourth-order valence-corrected chi connectivity index (χ4v) is 3.42. The molecule has 0 aliphatic carbocycles. The van der Waals surface area contributed by atoms with Crippen LogP contribution in [0.1, 0.15) is 22.2 Å². The second-order valence-electron chi connectivity index (χ2n) is 4.30. The lowest BCUT2D eigenvalue weighted by molar-refractivity contribution is 0.406. The molecular formula is C14H17BrN2OS. The van der Waals surface area contributed by atoms with Gasteiger partial charge in [-0.2, -0.15) is 0 Å². The highest BCUT2D eigenvalue weighted by Crippen LogP contribution is 2.30. The second kappa shape index (κ2) is 6.50. The molecule has 0 saturated carbocycles. The first-order chi connectivity index (χ1) is 9.15. The smallest absolute Gasteiger partial charge is 0.122 e. The topological polar surface area (TPSA) is 34.1 Å². The van der Waals surface area contributed by atoms with Gasteiger partial charge >= 0.3 is 0 Å². The predicted molar refractivity (Wildman–Crippen MR) is 83.0 cm³/mol. The Kier molecular flexibility index (Phi) is 4.96. The lowest BCUT2D eigenvalue weighted by atomic mass is 10.0. The number of methoxy groups -OCH3 is 1. The maximum atomic E-state index is 5.43. The molecule has 0 fully saturated rings. The van der Waals surface area contributed by atoms with Gasteiger partial charge in [-0.15, -0.1) is 11.3 Å². The van der Waals surface area contributed by atoms with Crippen LogP contribution in [0.4, 0.5) is 0 Å². The standard InChI is InChI=1S/C14H17BrN2OS/c1-9-14(19-8-17-9)12(16-2)7-10-6-11(15)4-5-13(10)18-3/h4-6,8,12,16H,7H2,1-3H3. The summed E-state index contributed by atoms with van der Waals surface area (Å²) in [7, 11) is 3.69. The number of likely N-dealkylation sites (N-methyl/N-ethyl adjacent to an activating group) is 1. The van der Waals surface area contributed by atoms with Crippen molar-refractivity contribution in [3.63, 3.8) is 0 Å². The van der Waals surface area contributed by atoms with Gasteiger partial charge in [0, 0.05) is 15.4 Å². The highest BCUT2D eigenvalue weighted by atomic mass is 79.9. The fourth-order valence-electron chi connectivity index (χ4n) is 2.10. The number of thiazole rings is 1. The monoisotopic (exact) mass is 340 g/mol. The fraction of sp³-hybridized carbons (Fsp3) is 0.357. The van der Waals surface area contributed by atoms with Crippen molar-refractivity contribution in [1.29, 1.82) is 0 Å². The van der Waals surface area contributed by atoms with Gasteiger partial charge in [-0.25, -0.2) is 4.98 Å². The van der Waals surface area contributed by atoms with E-state index in [0.717, 1.165) is 22.3 Å². The Balaban J connectivity index is 2.28. The first kappa shape index (κ1) is 14.5. The number of aryl methyl sites for hydroxylation is 1. The average Bonchev–Trinajstić information content (AvgIpc) is 2.82. The minimum atomic E-state index is 0.260. The van der Waals surface area contributed by atoms with Gasteiger partial charge in [0.25, 0.3) is 0 Å². The molecule has 1 aromatic heterocycles. The van der Waals surface area contributed by atoms with Crippen LogP contribution in [-0.4, -0.2) is 19.1 Å². The van der Waals surface area contributed by atoms with E-state index in [9.17, 15) is 0 Å². The van der Waals surface area contributed by atoms with Crippen molar-refractivity contribution in [2.45, 2.75) is 19.4 Å². The molecule has 5 heteroatoms. The van der Waals surface area contributed by atoms with Crippen LogP contribution in [0, 0.1) is 6.92 Å². The van der Waals surface area contributed by atoms with Gasteiger partial charge in [0.05, 0.1) is 18.3 Å². The van der Waals surface area contributed by atoms with Crippen molar-refractivity contribution in [2.24, 2.45) is 0 Å². The molecule has 0 radical (unpaired) electrons. The largest absolute Gasteiger partial charge is 0.496 e. The van der Waals surface area contributed by atoms with Gasteiger partial charge in [0.2, 0.25) is 0 Å². The average molecular weight is 341 g/mol. The summed E-state index contributed by atoms with van der Waals surface area (Å²) in [4.78, 5) is 5.61. The molecule has 19 heavy (non-hydrogen) atoms. The number of hydrogen-bond donors (Lipinski definition) is 1. The second-order valence-corrected chi connectivity index (χ2v) is 6.11. The van der Waals surface area contributed by atoms with Crippen LogP contribution < -0.4 is 10.1 Å². The number of ether oxygens (including phenoxy) is 1. The zero-order chi connectivity index (χ0) is 13.8. The van der Waals surface area contributed by atoms with E-state index in [-0.39, 0.29) is 6.04 Å². The molecule has 1 atom stereocenters. The summed E-state index contributed by atoms with van der Waals surface area (Å²) < 4.78 is 6.50. The number of aromatic nitrogens is 1. The van der Waals surface area contributed by atoms with Gasteiger partial charge in [0.15, 0.2) is 0 Å². The molecule has 1 unspecified atom stereocenters. The Morgan fingerprint density at radius 2 is 2.26 bits per heavy atom. The SMILES string of the molecule is CNC(Cc1cc(Br)ccc1OC)c1scnc1C. The number of nitrogens with zero attached hydrogens (tertiary/aromatic N) is 1. The summed E-state index contributed by atoms with van der Waals surface area (Å²) in [5.74, 6) is 0.922. The molecular weight excluding hydrogens is 324 g/mol. The Morgan fingerprint density at radius 1 is 1.47 bits per heavy atom. The molecule has 2 aromatic rings. The van der Waals surface area contributed by atoms with E-state index in [1.54, 1.807) is 18.4 Å². The molecule has 1 heterocycles. The van der Waals surface area contributed by atoms with Gasteiger partial charge in [-0.1, -0.05) is 15.9 Å². The van der Waals surface area contributed by atoms with E-state index in [1.807, 2.05) is 31.6 Å². The molecule has 2 rings (SSSR count). The van der Waals surface area contributed by atoms with Crippen LogP contribution in [-0.2, 0) is 6.42 Å². The van der Waals surface area contributed by atoms with E-state index in [4.69, 9.17) is 4.74 Å². The first-order valence-electron chi connectivity index (χ1n) is 6.05. The Labute approximate surface area is 126 Å². The van der Waals surface area contributed by atoms with E-state index in [2.05, 4.69) is 32.3 Å². The molecule has 102 valence electrons. The third kappa shape index (κ3) is 3.35. The van der Waals surface area contributed by atoms with Crippen molar-refractivity contribution >= 4 is 27.3 Å². The summed E-state index contributed by atoms with van der Waals surface area (Å²) in [5, 5.41) is 3.36. The highest BCUT2D eigenvalue weighted by molar-refractivity contribution is 9.10. The molecule has 1 N–H and O–H groups in total. The summed E-state index contributed by atoms with van der Waals surface area (Å²) in [6, 6.07) is 6.36. The van der Waals surface area contributed by atoms with Crippen LogP contribution in [0.3, 0.4) is 0 Å². The minimum Gasteiger partial charge on any atom is -0.496 e. The van der Waals surface area contributed by atoms with Crippen LogP contribution >= 0.6 is 27.3 Å². The molecule has 0 aliphatic heterocycles. The van der Waals surface area contributed by atoms with Crippen molar-refractivity contribution in [2.75, 3.05) is 14.2 Å². The van der Waals surface area contributed by atoms with Crippen molar-refractivity contribution in [3.8, 4) is 5.75 Å². The Hall–Kier alpha value is -0.910. The van der Waals surface area contributed by atoms with Gasteiger partial charge in [-0.3, -0.25) is 0 Å². The zero-order valence-corrected chi connectivity index (χ0v) is 13.6. The summed E-state index contributed by atoms with van der Waals surface area (Å²) in [6.45, 7) is 2.05. The number of nitrogens with one attached hydrogen (secondary N) is 1. The maximum Gasteiger partial charge on any atom is 0.122 e. The summed E-state index contributed by atoms with van der Waals surface area (Å²) in [5.41, 5.74) is 4.18. The molecule has 1 aromatic carbocycles. The van der Waals surface area contributed by atoms with E-state index < -0.39 is 0 Å². The first-order valence-corrected chi connectivity index (χ1v) is 7.72. The lowest BCUT2D eigenvalue weighted by Gasteiger charge is -2.17. The molecule has 0 amide bonds. The third-order valence-corrected chi connectivity index (χ3v) is 4.65. The summed E-state index contributed by atoms with van der Waals surface area (Å²) >= 11 is 5.21. The summed E-state index contributed by atoms with van der Waals surface area (Å²) in [6.07, 6.45) is 0.877. The number of hydrogen-bond acceptors (Lipinski definition) is 4. The molecule has 0 aliphatic rings. The van der Waals surface area contributed by atoms with Crippen LogP contribution in [0.15, 0.2) is 28.2 Å². The van der Waals surface area contributed by atoms with Gasteiger partial charge in [0.1, 0.15) is 5.75 Å². The van der Waals surface area contributed by atoms with E-state index >= 15 is 0 Å². The molecule has 0 spiro atoms. The lowest BCUT2D eigenvalue weighted by Crippen LogP contribution is -2.19. The third-order valence-electron chi connectivity index (χ3n) is 3.11. The Morgan fingerprint density at radius 3 is 2.84 bits per heavy atom. The maximum absolute atomic E-state index is 5.43. The quantitative estimate of drug-likeness (QED) is 0.900. The number of halogens is 1. The van der Waals surface area contributed by atoms with Crippen LogP contribution in [0.25, 0.3) is 0 Å². The zero-order valence-electron chi connectivity index (χ0n) is 11.2. The number of rotatable bonds is 5. The van der Waals surface area contributed by atoms with Crippen LogP contribution in [0.2, 0.25) is 0 Å². The van der Waals surface area contributed by atoms with Crippen LogP contribution in [0.5, 0.6) is 5.75 Å². The van der Waals surface area contributed by atoms with Crippen molar-refractivity contribution < 1.29 is 4.74 Å².